The monoisotopic (exact) mass is 503 g/mol. The topological polar surface area (TPSA) is 142 Å². The third-order valence-corrected chi connectivity index (χ3v) is 7.10. The Morgan fingerprint density at radius 2 is 1.78 bits per heavy atom. The predicted octanol–water partition coefficient (Wildman–Crippen LogP) is 3.60. The second-order valence-electron chi connectivity index (χ2n) is 9.59. The molecule has 1 aromatic heterocycles. The number of hydrogen-bond donors (Lipinski definition) is 4. The van der Waals surface area contributed by atoms with Gasteiger partial charge in [0.05, 0.1) is 18.1 Å². The van der Waals surface area contributed by atoms with Gasteiger partial charge in [0.2, 0.25) is 5.91 Å². The number of para-hydroxylation sites is 1. The molecular formula is C28H33N5O4. The smallest absolute Gasteiger partial charge is 0.317 e. The molecule has 1 amide bonds. The maximum Gasteiger partial charge on any atom is 0.317 e. The summed E-state index contributed by atoms with van der Waals surface area (Å²) in [7, 11) is 0. The number of carbonyl (C=O) groups excluding carboxylic acids is 2. The van der Waals surface area contributed by atoms with Gasteiger partial charge in [0.1, 0.15) is 11.5 Å². The molecule has 1 aliphatic rings. The van der Waals surface area contributed by atoms with Crippen molar-refractivity contribution in [3.8, 4) is 0 Å². The van der Waals surface area contributed by atoms with E-state index in [0.29, 0.717) is 11.1 Å². The van der Waals surface area contributed by atoms with E-state index >= 15 is 0 Å². The van der Waals surface area contributed by atoms with Crippen LogP contribution in [0.1, 0.15) is 65.4 Å². The van der Waals surface area contributed by atoms with Crippen LogP contribution in [-0.2, 0) is 11.3 Å². The molecule has 1 atom stereocenters. The highest BCUT2D eigenvalue weighted by Gasteiger charge is 2.33. The summed E-state index contributed by atoms with van der Waals surface area (Å²) in [6.45, 7) is 1.73. The Morgan fingerprint density at radius 1 is 1.11 bits per heavy atom. The number of carboxylic acids is 1. The van der Waals surface area contributed by atoms with Gasteiger partial charge in [-0.25, -0.2) is 0 Å². The predicted molar refractivity (Wildman–Crippen MR) is 142 cm³/mol. The number of rotatable bonds is 9. The molecule has 0 radical (unpaired) electrons. The minimum absolute atomic E-state index is 0.0147. The lowest BCUT2D eigenvalue weighted by Gasteiger charge is -2.37. The first-order chi connectivity index (χ1) is 17.8. The number of carboxylic acid groups (broad SMARTS) is 1. The fourth-order valence-electron chi connectivity index (χ4n) is 5.11. The molecule has 1 saturated carbocycles. The fraction of sp³-hybridized carbons (Fsp3) is 0.357. The van der Waals surface area contributed by atoms with Crippen molar-refractivity contribution in [3.05, 3.63) is 71.4 Å². The summed E-state index contributed by atoms with van der Waals surface area (Å²) in [4.78, 5) is 40.7. The number of aromatic nitrogens is 1. The summed E-state index contributed by atoms with van der Waals surface area (Å²) in [5, 5.41) is 20.7. The summed E-state index contributed by atoms with van der Waals surface area (Å²) in [6.07, 6.45) is 4.84. The van der Waals surface area contributed by atoms with Crippen LogP contribution in [0.2, 0.25) is 0 Å². The fourth-order valence-corrected chi connectivity index (χ4v) is 5.11. The van der Waals surface area contributed by atoms with Crippen LogP contribution in [0.5, 0.6) is 0 Å². The Bertz CT molecular complexity index is 1310. The largest absolute Gasteiger partial charge is 0.480 e. The van der Waals surface area contributed by atoms with Crippen LogP contribution in [0.4, 0.5) is 0 Å². The van der Waals surface area contributed by atoms with Gasteiger partial charge in [-0.05, 0) is 37.5 Å². The van der Waals surface area contributed by atoms with Gasteiger partial charge in [-0.2, -0.15) is 0 Å². The number of nitrogen functional groups attached to an aromatic ring is 1. The van der Waals surface area contributed by atoms with Crippen LogP contribution >= 0.6 is 0 Å². The average Bonchev–Trinajstić information content (AvgIpc) is 3.30. The molecule has 1 heterocycles. The molecule has 0 saturated heterocycles. The van der Waals surface area contributed by atoms with Gasteiger partial charge in [-0.3, -0.25) is 29.3 Å². The third-order valence-electron chi connectivity index (χ3n) is 7.10. The molecule has 2 aromatic carbocycles. The molecule has 3 aromatic rings. The van der Waals surface area contributed by atoms with Crippen LogP contribution < -0.4 is 11.1 Å². The maximum atomic E-state index is 13.9. The molecule has 4 rings (SSSR count). The summed E-state index contributed by atoms with van der Waals surface area (Å²) in [6, 6.07) is 15.3. The highest BCUT2D eigenvalue weighted by molar-refractivity contribution is 6.06. The van der Waals surface area contributed by atoms with Crippen molar-refractivity contribution in [1.29, 1.82) is 5.41 Å². The third kappa shape index (κ3) is 5.89. The van der Waals surface area contributed by atoms with E-state index in [2.05, 4.69) is 5.32 Å². The highest BCUT2D eigenvalue weighted by atomic mass is 16.4. The minimum atomic E-state index is -0.976. The first-order valence-corrected chi connectivity index (χ1v) is 12.6. The Morgan fingerprint density at radius 3 is 2.43 bits per heavy atom. The van der Waals surface area contributed by atoms with Crippen LogP contribution in [0.25, 0.3) is 10.9 Å². The summed E-state index contributed by atoms with van der Waals surface area (Å²) < 4.78 is 1.42. The lowest BCUT2D eigenvalue weighted by molar-refractivity contribution is -0.139. The van der Waals surface area contributed by atoms with Crippen molar-refractivity contribution in [2.24, 2.45) is 5.73 Å². The van der Waals surface area contributed by atoms with Crippen molar-refractivity contribution >= 4 is 34.5 Å². The number of aliphatic carboxylic acids is 1. The van der Waals surface area contributed by atoms with E-state index in [0.717, 1.165) is 43.1 Å². The molecule has 0 spiro atoms. The molecule has 37 heavy (non-hydrogen) atoms. The van der Waals surface area contributed by atoms with Crippen molar-refractivity contribution < 1.29 is 19.5 Å². The van der Waals surface area contributed by atoms with E-state index in [4.69, 9.17) is 11.1 Å². The first kappa shape index (κ1) is 26.1. The Balaban J connectivity index is 1.61. The zero-order chi connectivity index (χ0) is 26.5. The van der Waals surface area contributed by atoms with Crippen molar-refractivity contribution in [2.75, 3.05) is 6.54 Å². The molecule has 9 heteroatoms. The number of nitrogens with one attached hydrogen (secondary N) is 2. The molecule has 1 aliphatic carbocycles. The molecular weight excluding hydrogens is 470 g/mol. The molecule has 0 unspecified atom stereocenters. The second kappa shape index (κ2) is 11.4. The minimum Gasteiger partial charge on any atom is -0.480 e. The van der Waals surface area contributed by atoms with Gasteiger partial charge in [0, 0.05) is 23.5 Å². The zero-order valence-corrected chi connectivity index (χ0v) is 20.9. The molecule has 1 fully saturated rings. The number of hydrogen-bond acceptors (Lipinski definition) is 5. The SMILES string of the molecule is C[C@@H](C(=O)n1c(C(=O)NCc2ccc(C(=N)N)cc2)cc2ccccc21)N(CC(=O)O)C1CCCCC1. The van der Waals surface area contributed by atoms with Crippen LogP contribution in [0.3, 0.4) is 0 Å². The van der Waals surface area contributed by atoms with Crippen molar-refractivity contribution in [2.45, 2.75) is 57.7 Å². The summed E-state index contributed by atoms with van der Waals surface area (Å²) >= 11 is 0. The number of amides is 1. The average molecular weight is 504 g/mol. The number of amidine groups is 1. The maximum absolute atomic E-state index is 13.9. The van der Waals surface area contributed by atoms with Crippen molar-refractivity contribution in [3.63, 3.8) is 0 Å². The first-order valence-electron chi connectivity index (χ1n) is 12.6. The standard InChI is InChI=1S/C28H33N5O4/c1-18(32(17-25(34)35)22-8-3-2-4-9-22)28(37)33-23-10-6-5-7-21(23)15-24(33)27(36)31-16-19-11-13-20(14-12-19)26(29)30/h5-7,10-15,18,22H,2-4,8-9,16-17H2,1H3,(H3,29,30)(H,31,36)(H,34,35)/t18-/m0/s1. The summed E-state index contributed by atoms with van der Waals surface area (Å²) in [5.41, 5.74) is 7.74. The molecule has 194 valence electrons. The van der Waals surface area contributed by atoms with E-state index < -0.39 is 17.9 Å². The zero-order valence-electron chi connectivity index (χ0n) is 20.9. The number of fused-ring (bicyclic) bond motifs is 1. The number of nitrogens with zero attached hydrogens (tertiary/aromatic N) is 2. The quantitative estimate of drug-likeness (QED) is 0.260. The number of nitrogens with two attached hydrogens (primary N) is 1. The number of benzene rings is 2. The molecule has 0 bridgehead atoms. The van der Waals surface area contributed by atoms with Gasteiger partial charge in [0.15, 0.2) is 0 Å². The van der Waals surface area contributed by atoms with E-state index in [1.54, 1.807) is 48.2 Å². The Labute approximate surface area is 215 Å². The van der Waals surface area contributed by atoms with Gasteiger partial charge in [0.25, 0.3) is 5.91 Å². The molecule has 9 nitrogen and oxygen atoms in total. The Hall–Kier alpha value is -3.98. The van der Waals surface area contributed by atoms with E-state index in [9.17, 15) is 19.5 Å². The van der Waals surface area contributed by atoms with E-state index in [-0.39, 0.29) is 36.6 Å². The van der Waals surface area contributed by atoms with Crippen molar-refractivity contribution in [1.82, 2.24) is 14.8 Å². The molecule has 5 N–H and O–H groups in total. The normalized spacial score (nSPS) is 15.0. The van der Waals surface area contributed by atoms with E-state index in [1.807, 2.05) is 18.2 Å². The van der Waals surface area contributed by atoms with Gasteiger partial charge in [-0.1, -0.05) is 61.7 Å². The van der Waals surface area contributed by atoms with Crippen LogP contribution in [-0.4, -0.2) is 56.8 Å². The second-order valence-corrected chi connectivity index (χ2v) is 9.59. The lowest BCUT2D eigenvalue weighted by atomic mass is 9.93. The van der Waals surface area contributed by atoms with Gasteiger partial charge < -0.3 is 16.2 Å². The Kier molecular flexibility index (Phi) is 8.03. The highest BCUT2D eigenvalue weighted by Crippen LogP contribution is 2.26. The van der Waals surface area contributed by atoms with Gasteiger partial charge >= 0.3 is 5.97 Å². The van der Waals surface area contributed by atoms with Gasteiger partial charge in [-0.15, -0.1) is 0 Å². The summed E-state index contributed by atoms with van der Waals surface area (Å²) in [5.74, 6) is -1.74. The van der Waals surface area contributed by atoms with E-state index in [1.165, 1.54) is 4.57 Å². The number of carbonyl (C=O) groups is 3. The lowest BCUT2D eigenvalue weighted by Crippen LogP contribution is -2.50. The van der Waals surface area contributed by atoms with Crippen LogP contribution in [0.15, 0.2) is 54.6 Å². The van der Waals surface area contributed by atoms with Crippen LogP contribution in [0, 0.1) is 5.41 Å². The molecule has 0 aliphatic heterocycles.